The number of pyridine rings is 1. The Labute approximate surface area is 102 Å². The van der Waals surface area contributed by atoms with Gasteiger partial charge in [-0.15, -0.1) is 10.2 Å². The number of rotatable bonds is 2. The molecule has 0 fully saturated rings. The lowest BCUT2D eigenvalue weighted by molar-refractivity contribution is 0.698. The van der Waals surface area contributed by atoms with E-state index in [1.54, 1.807) is 10.6 Å². The lowest BCUT2D eigenvalue weighted by atomic mass is 10.2. The first-order valence-corrected chi connectivity index (χ1v) is 6.35. The van der Waals surface area contributed by atoms with Crippen LogP contribution in [0, 0.1) is 0 Å². The molecule has 2 aromatic rings. The Morgan fingerprint density at radius 2 is 2.24 bits per heavy atom. The van der Waals surface area contributed by atoms with Crippen molar-refractivity contribution in [3.63, 3.8) is 0 Å². The van der Waals surface area contributed by atoms with Crippen LogP contribution in [-0.4, -0.2) is 14.8 Å². The molecule has 1 aliphatic carbocycles. The summed E-state index contributed by atoms with van der Waals surface area (Å²) in [6.07, 6.45) is 3.16. The van der Waals surface area contributed by atoms with Gasteiger partial charge < -0.3 is 10.3 Å². The van der Waals surface area contributed by atoms with Crippen LogP contribution in [0.25, 0.3) is 0 Å². The smallest absolute Gasteiger partial charge is 0.251 e. The van der Waals surface area contributed by atoms with Crippen LogP contribution in [0.2, 0.25) is 0 Å². The van der Waals surface area contributed by atoms with E-state index in [0.717, 1.165) is 30.0 Å². The van der Waals surface area contributed by atoms with Gasteiger partial charge in [0.15, 0.2) is 0 Å². The van der Waals surface area contributed by atoms with Crippen LogP contribution >= 0.6 is 11.3 Å². The first-order chi connectivity index (χ1) is 8.24. The van der Waals surface area contributed by atoms with Crippen LogP contribution in [0.4, 0.5) is 5.13 Å². The third-order valence-corrected chi connectivity index (χ3v) is 3.76. The standard InChI is InChI=1S/C11H12N4OS/c12-11-14-13-9(17-11)6-15-8-3-1-2-7(8)4-5-10(15)16/h4-5H,1-3,6H2,(H2,12,14). The van der Waals surface area contributed by atoms with E-state index in [1.807, 2.05) is 6.07 Å². The van der Waals surface area contributed by atoms with Crippen molar-refractivity contribution < 1.29 is 0 Å². The van der Waals surface area contributed by atoms with Crippen molar-refractivity contribution in [3.05, 3.63) is 38.8 Å². The van der Waals surface area contributed by atoms with Crippen LogP contribution in [0.5, 0.6) is 0 Å². The molecule has 0 unspecified atom stereocenters. The molecule has 5 nitrogen and oxygen atoms in total. The van der Waals surface area contributed by atoms with Crippen LogP contribution in [0.15, 0.2) is 16.9 Å². The van der Waals surface area contributed by atoms with Gasteiger partial charge in [0.05, 0.1) is 6.54 Å². The lowest BCUT2D eigenvalue weighted by Gasteiger charge is -2.09. The molecule has 88 valence electrons. The van der Waals surface area contributed by atoms with Crippen molar-refractivity contribution in [2.75, 3.05) is 5.73 Å². The first-order valence-electron chi connectivity index (χ1n) is 5.53. The molecule has 0 saturated heterocycles. The van der Waals surface area contributed by atoms with Crippen molar-refractivity contribution in [3.8, 4) is 0 Å². The molecule has 2 aromatic heterocycles. The summed E-state index contributed by atoms with van der Waals surface area (Å²) in [5.41, 5.74) is 7.99. The van der Waals surface area contributed by atoms with Crippen LogP contribution in [0.1, 0.15) is 22.7 Å². The third-order valence-electron chi connectivity index (χ3n) is 3.03. The summed E-state index contributed by atoms with van der Waals surface area (Å²) in [6, 6.07) is 3.57. The summed E-state index contributed by atoms with van der Waals surface area (Å²) in [7, 11) is 0. The summed E-state index contributed by atoms with van der Waals surface area (Å²) in [4.78, 5) is 11.9. The largest absolute Gasteiger partial charge is 0.374 e. The first kappa shape index (κ1) is 10.5. The topological polar surface area (TPSA) is 73.8 Å². The number of hydrogen-bond donors (Lipinski definition) is 1. The number of nitrogens with zero attached hydrogens (tertiary/aromatic N) is 3. The molecule has 0 bridgehead atoms. The number of anilines is 1. The highest BCUT2D eigenvalue weighted by molar-refractivity contribution is 7.15. The van der Waals surface area contributed by atoms with Gasteiger partial charge in [-0.25, -0.2) is 0 Å². The lowest BCUT2D eigenvalue weighted by Crippen LogP contribution is -2.23. The van der Waals surface area contributed by atoms with E-state index < -0.39 is 0 Å². The monoisotopic (exact) mass is 248 g/mol. The fourth-order valence-corrected chi connectivity index (χ4v) is 2.87. The van der Waals surface area contributed by atoms with E-state index >= 15 is 0 Å². The Morgan fingerprint density at radius 3 is 3.00 bits per heavy atom. The highest BCUT2D eigenvalue weighted by Crippen LogP contribution is 2.21. The number of hydrogen-bond acceptors (Lipinski definition) is 5. The Bertz CT molecular complexity index is 616. The Hall–Kier alpha value is -1.69. The molecular weight excluding hydrogens is 236 g/mol. The summed E-state index contributed by atoms with van der Waals surface area (Å²) in [6.45, 7) is 0.483. The van der Waals surface area contributed by atoms with Gasteiger partial charge in [0.1, 0.15) is 5.01 Å². The molecule has 3 rings (SSSR count). The maximum atomic E-state index is 11.9. The maximum Gasteiger partial charge on any atom is 0.251 e. The van der Waals surface area contributed by atoms with Gasteiger partial charge in [-0.2, -0.15) is 0 Å². The third kappa shape index (κ3) is 1.84. The number of fused-ring (bicyclic) bond motifs is 1. The van der Waals surface area contributed by atoms with E-state index in [2.05, 4.69) is 10.2 Å². The Kier molecular flexibility index (Phi) is 2.44. The summed E-state index contributed by atoms with van der Waals surface area (Å²) in [5.74, 6) is 0. The van der Waals surface area contributed by atoms with Crippen molar-refractivity contribution in [2.45, 2.75) is 25.8 Å². The molecule has 0 aromatic carbocycles. The summed E-state index contributed by atoms with van der Waals surface area (Å²) in [5, 5.41) is 8.96. The van der Waals surface area contributed by atoms with Gasteiger partial charge >= 0.3 is 0 Å². The van der Waals surface area contributed by atoms with Gasteiger partial charge in [-0.3, -0.25) is 4.79 Å². The van der Waals surface area contributed by atoms with E-state index in [0.29, 0.717) is 11.7 Å². The second-order valence-corrected chi connectivity index (χ2v) is 5.21. The van der Waals surface area contributed by atoms with Crippen molar-refractivity contribution in [1.82, 2.24) is 14.8 Å². The fourth-order valence-electron chi connectivity index (χ4n) is 2.27. The van der Waals surface area contributed by atoms with Crippen molar-refractivity contribution in [2.24, 2.45) is 0 Å². The molecule has 1 aliphatic rings. The number of aromatic nitrogens is 3. The van der Waals surface area contributed by atoms with Crippen molar-refractivity contribution >= 4 is 16.5 Å². The van der Waals surface area contributed by atoms with E-state index in [9.17, 15) is 4.79 Å². The minimum Gasteiger partial charge on any atom is -0.374 e. The van der Waals surface area contributed by atoms with E-state index in [-0.39, 0.29) is 5.56 Å². The summed E-state index contributed by atoms with van der Waals surface area (Å²) < 4.78 is 1.79. The number of nitrogen functional groups attached to an aromatic ring is 1. The minimum atomic E-state index is 0.0272. The van der Waals surface area contributed by atoms with Crippen LogP contribution in [0.3, 0.4) is 0 Å². The molecule has 0 aliphatic heterocycles. The van der Waals surface area contributed by atoms with Gasteiger partial charge in [0.25, 0.3) is 5.56 Å². The summed E-state index contributed by atoms with van der Waals surface area (Å²) >= 11 is 1.33. The number of aryl methyl sites for hydroxylation is 1. The molecule has 17 heavy (non-hydrogen) atoms. The maximum absolute atomic E-state index is 11.9. The zero-order chi connectivity index (χ0) is 11.8. The Balaban J connectivity index is 2.03. The second-order valence-electron chi connectivity index (χ2n) is 4.12. The predicted octanol–water partition coefficient (Wildman–Crippen LogP) is 0.819. The van der Waals surface area contributed by atoms with Crippen molar-refractivity contribution in [1.29, 1.82) is 0 Å². The molecular formula is C11H12N4OS. The SMILES string of the molecule is Nc1nnc(Cn2c3c(ccc2=O)CCC3)s1. The van der Waals surface area contributed by atoms with Gasteiger partial charge in [0.2, 0.25) is 5.13 Å². The zero-order valence-electron chi connectivity index (χ0n) is 9.22. The highest BCUT2D eigenvalue weighted by atomic mass is 32.1. The molecule has 0 atom stereocenters. The molecule has 2 heterocycles. The quantitative estimate of drug-likeness (QED) is 0.854. The highest BCUT2D eigenvalue weighted by Gasteiger charge is 2.16. The average Bonchev–Trinajstić information content (AvgIpc) is 2.91. The van der Waals surface area contributed by atoms with Gasteiger partial charge in [-0.05, 0) is 24.8 Å². The molecule has 2 N–H and O–H groups in total. The fraction of sp³-hybridized carbons (Fsp3) is 0.364. The van der Waals surface area contributed by atoms with Gasteiger partial charge in [-0.1, -0.05) is 17.4 Å². The number of nitrogens with two attached hydrogens (primary N) is 1. The molecule has 0 spiro atoms. The molecule has 6 heteroatoms. The van der Waals surface area contributed by atoms with E-state index in [4.69, 9.17) is 5.73 Å². The molecule has 0 amide bonds. The van der Waals surface area contributed by atoms with Gasteiger partial charge in [0, 0.05) is 11.8 Å². The minimum absolute atomic E-state index is 0.0272. The van der Waals surface area contributed by atoms with E-state index in [1.165, 1.54) is 16.9 Å². The van der Waals surface area contributed by atoms with Crippen LogP contribution < -0.4 is 11.3 Å². The Morgan fingerprint density at radius 1 is 1.35 bits per heavy atom. The van der Waals surface area contributed by atoms with Crippen LogP contribution in [-0.2, 0) is 19.4 Å². The predicted molar refractivity (Wildman–Crippen MR) is 66.2 cm³/mol. The zero-order valence-corrected chi connectivity index (χ0v) is 10.0. The molecule has 0 radical (unpaired) electrons. The molecule has 0 saturated carbocycles. The average molecular weight is 248 g/mol. The normalized spacial score (nSPS) is 13.9. The second kappa shape index (κ2) is 3.96.